The van der Waals surface area contributed by atoms with Gasteiger partial charge < -0.3 is 4.90 Å². The number of carbonyl (C=O) groups excluding carboxylic acids is 3. The second-order valence-corrected chi connectivity index (χ2v) is 11.7. The van der Waals surface area contributed by atoms with Crippen molar-refractivity contribution in [3.63, 3.8) is 0 Å². The van der Waals surface area contributed by atoms with Gasteiger partial charge in [0, 0.05) is 24.5 Å². The molecular weight excluding hydrogens is 446 g/mol. The minimum Gasteiger partial charge on any atom is -0.336 e. The van der Waals surface area contributed by atoms with Gasteiger partial charge in [-0.2, -0.15) is 0 Å². The van der Waals surface area contributed by atoms with Gasteiger partial charge in [0.05, 0.1) is 10.8 Å². The molecule has 0 bridgehead atoms. The molecule has 158 valence electrons. The van der Waals surface area contributed by atoms with Crippen molar-refractivity contribution in [3.8, 4) is 0 Å². The van der Waals surface area contributed by atoms with E-state index in [1.165, 1.54) is 22.3 Å². The summed E-state index contributed by atoms with van der Waals surface area (Å²) in [6.45, 7) is 0.431. The van der Waals surface area contributed by atoms with Crippen LogP contribution < -0.4 is 10.0 Å². The third-order valence-electron chi connectivity index (χ3n) is 6.56. The molecule has 5 rings (SSSR count). The second-order valence-electron chi connectivity index (χ2n) is 7.98. The number of hydrogen-bond donors (Lipinski definition) is 2. The van der Waals surface area contributed by atoms with Gasteiger partial charge in [-0.05, 0) is 35.7 Å². The van der Waals surface area contributed by atoms with Crippen LogP contribution in [0.5, 0.6) is 0 Å². The Labute approximate surface area is 181 Å². The fourth-order valence-electron chi connectivity index (χ4n) is 5.10. The number of rotatable bonds is 5. The van der Waals surface area contributed by atoms with E-state index in [1.807, 2.05) is 17.5 Å². The number of sulfonamides is 1. The van der Waals surface area contributed by atoms with Crippen molar-refractivity contribution in [2.45, 2.75) is 30.7 Å². The molecule has 4 heterocycles. The minimum atomic E-state index is -3.89. The van der Waals surface area contributed by atoms with Gasteiger partial charge in [-0.25, -0.2) is 13.1 Å². The molecule has 2 aromatic heterocycles. The minimum absolute atomic E-state index is 0.0675. The Balaban J connectivity index is 1.41. The van der Waals surface area contributed by atoms with E-state index in [2.05, 4.69) is 10.0 Å². The quantitative estimate of drug-likeness (QED) is 0.651. The Kier molecular flexibility index (Phi) is 4.44. The SMILES string of the molecule is O=C(c1sccc1S(=O)(=O)NCc1cccs1)N1CC23CCCC2(C1)C(=O)NC3=O. The Bertz CT molecular complexity index is 1130. The topological polar surface area (TPSA) is 113 Å². The molecule has 8 nitrogen and oxygen atoms in total. The Morgan fingerprint density at radius 1 is 1.10 bits per heavy atom. The molecule has 2 aromatic rings. The van der Waals surface area contributed by atoms with Crippen LogP contribution in [0.4, 0.5) is 0 Å². The molecule has 1 saturated carbocycles. The standard InChI is InChI=1S/C19H19N3O5S3/c23-15(22-10-18-5-2-6-19(18,11-22)17(25)21-16(18)24)14-13(4-8-29-14)30(26,27)20-9-12-3-1-7-28-12/h1,3-4,7-8,20H,2,5-6,9-11H2,(H,21,24,25). The first kappa shape index (κ1) is 19.9. The highest BCUT2D eigenvalue weighted by Crippen LogP contribution is 2.61. The monoisotopic (exact) mass is 465 g/mol. The lowest BCUT2D eigenvalue weighted by atomic mass is 9.70. The van der Waals surface area contributed by atoms with Gasteiger partial charge >= 0.3 is 0 Å². The molecule has 0 radical (unpaired) electrons. The third-order valence-corrected chi connectivity index (χ3v) is 9.91. The molecule has 11 heteroatoms. The van der Waals surface area contributed by atoms with Crippen LogP contribution in [-0.2, 0) is 26.2 Å². The van der Waals surface area contributed by atoms with Gasteiger partial charge in [0.15, 0.2) is 0 Å². The molecule has 2 saturated heterocycles. The summed E-state index contributed by atoms with van der Waals surface area (Å²) in [6, 6.07) is 5.08. The number of amides is 3. The van der Waals surface area contributed by atoms with Crippen LogP contribution in [0.15, 0.2) is 33.9 Å². The average Bonchev–Trinajstić information content (AvgIpc) is 3.49. The van der Waals surface area contributed by atoms with Gasteiger partial charge in [-0.15, -0.1) is 22.7 Å². The first-order valence-corrected chi connectivity index (χ1v) is 12.8. The van der Waals surface area contributed by atoms with E-state index in [-0.39, 0.29) is 41.2 Å². The molecule has 2 N–H and O–H groups in total. The van der Waals surface area contributed by atoms with E-state index in [0.29, 0.717) is 12.8 Å². The largest absolute Gasteiger partial charge is 0.336 e. The van der Waals surface area contributed by atoms with Crippen LogP contribution in [0, 0.1) is 10.8 Å². The lowest BCUT2D eigenvalue weighted by Crippen LogP contribution is -2.39. The first-order chi connectivity index (χ1) is 14.3. The van der Waals surface area contributed by atoms with Gasteiger partial charge in [0.1, 0.15) is 9.77 Å². The number of hydrogen-bond acceptors (Lipinski definition) is 7. The summed E-state index contributed by atoms with van der Waals surface area (Å²) >= 11 is 2.49. The van der Waals surface area contributed by atoms with Crippen molar-refractivity contribution < 1.29 is 22.8 Å². The van der Waals surface area contributed by atoms with E-state index in [4.69, 9.17) is 0 Å². The van der Waals surface area contributed by atoms with Crippen LogP contribution in [0.1, 0.15) is 33.8 Å². The molecule has 3 fully saturated rings. The smallest absolute Gasteiger partial charge is 0.265 e. The molecule has 2 unspecified atom stereocenters. The zero-order chi connectivity index (χ0) is 21.1. The van der Waals surface area contributed by atoms with Gasteiger partial charge in [0.2, 0.25) is 21.8 Å². The lowest BCUT2D eigenvalue weighted by molar-refractivity contribution is -0.129. The zero-order valence-corrected chi connectivity index (χ0v) is 18.3. The fourth-order valence-corrected chi connectivity index (χ4v) is 8.23. The summed E-state index contributed by atoms with van der Waals surface area (Å²) in [7, 11) is -3.89. The Morgan fingerprint density at radius 2 is 1.80 bits per heavy atom. The van der Waals surface area contributed by atoms with E-state index >= 15 is 0 Å². The molecule has 0 spiro atoms. The van der Waals surface area contributed by atoms with Gasteiger partial charge in [-0.1, -0.05) is 12.5 Å². The number of carbonyl (C=O) groups is 3. The molecule has 3 amide bonds. The number of nitrogens with zero attached hydrogens (tertiary/aromatic N) is 1. The zero-order valence-electron chi connectivity index (χ0n) is 15.8. The predicted molar refractivity (Wildman–Crippen MR) is 110 cm³/mol. The highest BCUT2D eigenvalue weighted by atomic mass is 32.2. The van der Waals surface area contributed by atoms with E-state index < -0.39 is 26.8 Å². The lowest BCUT2D eigenvalue weighted by Gasteiger charge is -2.25. The molecular formula is C19H19N3O5S3. The van der Waals surface area contributed by atoms with E-state index in [1.54, 1.807) is 5.38 Å². The predicted octanol–water partition coefficient (Wildman–Crippen LogP) is 1.56. The third kappa shape index (κ3) is 2.65. The van der Waals surface area contributed by atoms with Crippen molar-refractivity contribution in [2.75, 3.05) is 13.1 Å². The number of thiophene rings is 2. The van der Waals surface area contributed by atoms with Crippen LogP contribution in [0.3, 0.4) is 0 Å². The van der Waals surface area contributed by atoms with Gasteiger partial charge in [0.25, 0.3) is 5.91 Å². The van der Waals surface area contributed by atoms with Crippen LogP contribution in [0.2, 0.25) is 0 Å². The first-order valence-electron chi connectivity index (χ1n) is 9.54. The molecule has 2 aliphatic heterocycles. The van der Waals surface area contributed by atoms with E-state index in [0.717, 1.165) is 22.6 Å². The average molecular weight is 466 g/mol. The van der Waals surface area contributed by atoms with Crippen molar-refractivity contribution >= 4 is 50.4 Å². The molecule has 3 aliphatic rings. The summed E-state index contributed by atoms with van der Waals surface area (Å²) in [5.41, 5.74) is -1.76. The maximum atomic E-state index is 13.3. The molecule has 30 heavy (non-hydrogen) atoms. The second kappa shape index (κ2) is 6.71. The maximum absolute atomic E-state index is 13.3. The summed E-state index contributed by atoms with van der Waals surface area (Å²) in [4.78, 5) is 40.8. The number of imide groups is 1. The highest BCUT2D eigenvalue weighted by Gasteiger charge is 2.72. The Morgan fingerprint density at radius 3 is 2.43 bits per heavy atom. The van der Waals surface area contributed by atoms with Crippen molar-refractivity contribution in [3.05, 3.63) is 38.7 Å². The maximum Gasteiger partial charge on any atom is 0.265 e. The van der Waals surface area contributed by atoms with E-state index in [9.17, 15) is 22.8 Å². The van der Waals surface area contributed by atoms with Crippen molar-refractivity contribution in [2.24, 2.45) is 10.8 Å². The number of nitrogens with one attached hydrogen (secondary N) is 2. The molecule has 1 aliphatic carbocycles. The summed E-state index contributed by atoms with van der Waals surface area (Å²) in [5, 5.41) is 5.87. The molecule has 2 atom stereocenters. The van der Waals surface area contributed by atoms with Gasteiger partial charge in [-0.3, -0.25) is 19.7 Å². The van der Waals surface area contributed by atoms with Crippen molar-refractivity contribution in [1.29, 1.82) is 0 Å². The summed E-state index contributed by atoms with van der Waals surface area (Å²) in [6.07, 6.45) is 1.89. The highest BCUT2D eigenvalue weighted by molar-refractivity contribution is 7.89. The fraction of sp³-hybridized carbons (Fsp3) is 0.421. The summed E-state index contributed by atoms with van der Waals surface area (Å²) in [5.74, 6) is -1.06. The normalized spacial score (nSPS) is 27.9. The molecule has 0 aromatic carbocycles. The Hall–Kier alpha value is -2.08. The summed E-state index contributed by atoms with van der Waals surface area (Å²) < 4.78 is 28.2. The van der Waals surface area contributed by atoms with Crippen LogP contribution >= 0.6 is 22.7 Å². The van der Waals surface area contributed by atoms with Crippen molar-refractivity contribution in [1.82, 2.24) is 14.9 Å². The van der Waals surface area contributed by atoms with Crippen LogP contribution in [-0.4, -0.2) is 44.1 Å². The van der Waals surface area contributed by atoms with Crippen LogP contribution in [0.25, 0.3) is 0 Å². The number of likely N-dealkylation sites (tertiary alicyclic amines) is 1.